The zero-order chi connectivity index (χ0) is 15.2. The molecule has 0 amide bonds. The summed E-state index contributed by atoms with van der Waals surface area (Å²) >= 11 is 6.27. The van der Waals surface area contributed by atoms with Gasteiger partial charge in [0, 0.05) is 32.1 Å². The summed E-state index contributed by atoms with van der Waals surface area (Å²) in [7, 11) is 1.92. The van der Waals surface area contributed by atoms with Gasteiger partial charge in [0.05, 0.1) is 10.7 Å². The molecule has 5 heteroatoms. The predicted molar refractivity (Wildman–Crippen MR) is 84.5 cm³/mol. The Morgan fingerprint density at radius 2 is 2.05 bits per heavy atom. The lowest BCUT2D eigenvalue weighted by atomic mass is 10.1. The van der Waals surface area contributed by atoms with Crippen molar-refractivity contribution in [2.75, 3.05) is 11.9 Å². The van der Waals surface area contributed by atoms with Gasteiger partial charge in [-0.05, 0) is 35.4 Å². The van der Waals surface area contributed by atoms with E-state index in [2.05, 4.69) is 4.98 Å². The highest BCUT2D eigenvalue weighted by Gasteiger charge is 2.11. The van der Waals surface area contributed by atoms with Gasteiger partial charge in [0.2, 0.25) is 0 Å². The number of nitrogens with zero attached hydrogens (tertiary/aromatic N) is 2. The second-order valence-electron chi connectivity index (χ2n) is 4.56. The third-order valence-electron chi connectivity index (χ3n) is 2.97. The maximum atomic E-state index is 10.7. The fraction of sp³-hybridized carbons (Fsp3) is 0.125. The fourth-order valence-corrected chi connectivity index (χ4v) is 2.40. The summed E-state index contributed by atoms with van der Waals surface area (Å²) in [4.78, 5) is 16.7. The number of aromatic nitrogens is 1. The summed E-state index contributed by atoms with van der Waals surface area (Å²) in [6.45, 7) is 0.653. The van der Waals surface area contributed by atoms with Gasteiger partial charge in [-0.25, -0.2) is 4.79 Å². The molecule has 21 heavy (non-hydrogen) atoms. The van der Waals surface area contributed by atoms with Gasteiger partial charge >= 0.3 is 5.97 Å². The minimum absolute atomic E-state index is 0.582. The van der Waals surface area contributed by atoms with Crippen molar-refractivity contribution in [3.8, 4) is 0 Å². The van der Waals surface area contributed by atoms with Crippen LogP contribution in [0.2, 0.25) is 5.02 Å². The van der Waals surface area contributed by atoms with Crippen molar-refractivity contribution < 1.29 is 9.90 Å². The van der Waals surface area contributed by atoms with Gasteiger partial charge in [-0.2, -0.15) is 0 Å². The molecule has 0 radical (unpaired) electrons. The summed E-state index contributed by atoms with van der Waals surface area (Å²) in [5.74, 6) is -0.988. The van der Waals surface area contributed by atoms with E-state index in [-0.39, 0.29) is 0 Å². The Bertz CT molecular complexity index is 657. The maximum Gasteiger partial charge on any atom is 0.328 e. The van der Waals surface area contributed by atoms with E-state index >= 15 is 0 Å². The molecule has 1 aromatic heterocycles. The number of rotatable bonds is 5. The van der Waals surface area contributed by atoms with Crippen LogP contribution in [0.25, 0.3) is 6.08 Å². The molecule has 2 rings (SSSR count). The van der Waals surface area contributed by atoms with E-state index in [1.807, 2.05) is 30.1 Å². The minimum Gasteiger partial charge on any atom is -0.478 e. The molecule has 0 aliphatic heterocycles. The third-order valence-corrected chi connectivity index (χ3v) is 3.28. The molecule has 0 saturated heterocycles. The first-order valence-electron chi connectivity index (χ1n) is 6.37. The number of halogens is 1. The lowest BCUT2D eigenvalue weighted by Crippen LogP contribution is -2.17. The average molecular weight is 303 g/mol. The summed E-state index contributed by atoms with van der Waals surface area (Å²) in [5.41, 5.74) is 2.66. The summed E-state index contributed by atoms with van der Waals surface area (Å²) < 4.78 is 0. The largest absolute Gasteiger partial charge is 0.478 e. The third kappa shape index (κ3) is 4.07. The van der Waals surface area contributed by atoms with Crippen molar-refractivity contribution in [2.45, 2.75) is 6.54 Å². The van der Waals surface area contributed by atoms with Crippen LogP contribution in [0.3, 0.4) is 0 Å². The second-order valence-corrected chi connectivity index (χ2v) is 4.97. The van der Waals surface area contributed by atoms with E-state index in [0.717, 1.165) is 22.9 Å². The number of aliphatic carboxylic acids is 1. The monoisotopic (exact) mass is 302 g/mol. The van der Waals surface area contributed by atoms with Gasteiger partial charge in [0.1, 0.15) is 0 Å². The Morgan fingerprint density at radius 1 is 1.33 bits per heavy atom. The first kappa shape index (κ1) is 15.1. The Hall–Kier alpha value is -2.33. The predicted octanol–water partition coefficient (Wildman–Crippen LogP) is 3.47. The van der Waals surface area contributed by atoms with E-state index < -0.39 is 5.97 Å². The second kappa shape index (κ2) is 6.90. The minimum atomic E-state index is -0.988. The molecule has 0 aliphatic rings. The highest BCUT2D eigenvalue weighted by atomic mass is 35.5. The van der Waals surface area contributed by atoms with Gasteiger partial charge in [0.15, 0.2) is 0 Å². The zero-order valence-corrected chi connectivity index (χ0v) is 12.3. The Balaban J connectivity index is 2.31. The normalized spacial score (nSPS) is 10.8. The van der Waals surface area contributed by atoms with Crippen LogP contribution >= 0.6 is 11.6 Å². The number of pyridine rings is 1. The van der Waals surface area contributed by atoms with E-state index in [9.17, 15) is 4.79 Å². The van der Waals surface area contributed by atoms with E-state index in [1.165, 1.54) is 0 Å². The molecule has 0 unspecified atom stereocenters. The van der Waals surface area contributed by atoms with E-state index in [4.69, 9.17) is 16.7 Å². The first-order chi connectivity index (χ1) is 10.1. The van der Waals surface area contributed by atoms with Crippen molar-refractivity contribution in [2.24, 2.45) is 0 Å². The molecule has 1 heterocycles. The number of carbonyl (C=O) groups is 1. The number of hydrogen-bond acceptors (Lipinski definition) is 3. The standard InChI is InChI=1S/C16H15ClN2O2/c1-19(11-12-7-9-18-10-8-12)16-13(5-6-15(20)21)3-2-4-14(16)17/h2-10H,11H2,1H3,(H,20,21)/b6-5+. The molecule has 0 spiro atoms. The number of carboxylic acids is 1. The van der Waals surface area contributed by atoms with Crippen LogP contribution < -0.4 is 4.90 Å². The molecule has 1 aromatic carbocycles. The van der Waals surface area contributed by atoms with Gasteiger partial charge in [-0.3, -0.25) is 4.98 Å². The SMILES string of the molecule is CN(Cc1ccncc1)c1c(Cl)cccc1/C=C/C(=O)O. The van der Waals surface area contributed by atoms with Gasteiger partial charge in [-0.1, -0.05) is 23.7 Å². The highest BCUT2D eigenvalue weighted by Crippen LogP contribution is 2.31. The number of benzene rings is 1. The molecular formula is C16H15ClN2O2. The molecule has 1 N–H and O–H groups in total. The number of carboxylic acid groups (broad SMARTS) is 1. The number of hydrogen-bond donors (Lipinski definition) is 1. The fourth-order valence-electron chi connectivity index (χ4n) is 2.07. The van der Waals surface area contributed by atoms with Crippen molar-refractivity contribution >= 4 is 29.3 Å². The van der Waals surface area contributed by atoms with Crippen LogP contribution in [0.5, 0.6) is 0 Å². The van der Waals surface area contributed by atoms with Crippen molar-refractivity contribution in [3.05, 3.63) is 65.0 Å². The molecule has 0 aliphatic carbocycles. The molecular weight excluding hydrogens is 288 g/mol. The van der Waals surface area contributed by atoms with Crippen LogP contribution in [0.4, 0.5) is 5.69 Å². The Labute approximate surface area is 128 Å². The zero-order valence-electron chi connectivity index (χ0n) is 11.5. The molecule has 0 fully saturated rings. The van der Waals surface area contributed by atoms with Crippen LogP contribution in [0.1, 0.15) is 11.1 Å². The van der Waals surface area contributed by atoms with Crippen LogP contribution in [0, 0.1) is 0 Å². The topological polar surface area (TPSA) is 53.4 Å². The summed E-state index contributed by atoms with van der Waals surface area (Å²) in [5, 5.41) is 9.35. The molecule has 0 atom stereocenters. The van der Waals surface area contributed by atoms with Crippen molar-refractivity contribution in [1.82, 2.24) is 4.98 Å². The quantitative estimate of drug-likeness (QED) is 0.859. The van der Waals surface area contributed by atoms with Crippen molar-refractivity contribution in [3.63, 3.8) is 0 Å². The average Bonchev–Trinajstić information content (AvgIpc) is 2.46. The Morgan fingerprint density at radius 3 is 2.71 bits per heavy atom. The smallest absolute Gasteiger partial charge is 0.328 e. The van der Waals surface area contributed by atoms with Gasteiger partial charge in [-0.15, -0.1) is 0 Å². The van der Waals surface area contributed by atoms with Gasteiger partial charge < -0.3 is 10.0 Å². The molecule has 0 bridgehead atoms. The lowest BCUT2D eigenvalue weighted by Gasteiger charge is -2.23. The molecule has 2 aromatic rings. The first-order valence-corrected chi connectivity index (χ1v) is 6.75. The highest BCUT2D eigenvalue weighted by molar-refractivity contribution is 6.33. The van der Waals surface area contributed by atoms with Gasteiger partial charge in [0.25, 0.3) is 0 Å². The Kier molecular flexibility index (Phi) is 4.95. The maximum absolute atomic E-state index is 10.7. The molecule has 4 nitrogen and oxygen atoms in total. The van der Waals surface area contributed by atoms with Crippen LogP contribution in [-0.2, 0) is 11.3 Å². The van der Waals surface area contributed by atoms with E-state index in [1.54, 1.807) is 30.6 Å². The van der Waals surface area contributed by atoms with Crippen LogP contribution in [-0.4, -0.2) is 23.1 Å². The molecule has 108 valence electrons. The molecule has 0 saturated carbocycles. The summed E-state index contributed by atoms with van der Waals surface area (Å²) in [6.07, 6.45) is 6.13. The summed E-state index contributed by atoms with van der Waals surface area (Å²) in [6, 6.07) is 9.29. The number of anilines is 1. The lowest BCUT2D eigenvalue weighted by molar-refractivity contribution is -0.131. The number of para-hydroxylation sites is 1. The van der Waals surface area contributed by atoms with Crippen molar-refractivity contribution in [1.29, 1.82) is 0 Å². The van der Waals surface area contributed by atoms with Crippen LogP contribution in [0.15, 0.2) is 48.8 Å². The van der Waals surface area contributed by atoms with E-state index in [0.29, 0.717) is 11.6 Å².